The number of aliphatic hydroxyl groups is 1. The molecule has 5 heteroatoms. The molecule has 5 nitrogen and oxygen atoms in total. The van der Waals surface area contributed by atoms with Crippen LogP contribution < -0.4 is 0 Å². The number of hydrogen-bond donors (Lipinski definition) is 3. The lowest BCUT2D eigenvalue weighted by Gasteiger charge is -2.34. The van der Waals surface area contributed by atoms with Gasteiger partial charge in [0, 0.05) is 11.6 Å². The summed E-state index contributed by atoms with van der Waals surface area (Å²) in [6, 6.07) is 4.07. The molecule has 20 heavy (non-hydrogen) atoms. The minimum atomic E-state index is -0.380. The summed E-state index contributed by atoms with van der Waals surface area (Å²) in [5.41, 5.74) is 0.359. The highest BCUT2D eigenvalue weighted by Crippen LogP contribution is 2.26. The highest BCUT2D eigenvalue weighted by Gasteiger charge is 2.27. The Bertz CT molecular complexity index is 489. The maximum absolute atomic E-state index is 12.2. The van der Waals surface area contributed by atoms with Crippen LogP contribution in [0.1, 0.15) is 36.0 Å². The molecule has 0 saturated heterocycles. The number of aromatic hydroxyl groups is 2. The van der Waals surface area contributed by atoms with E-state index in [1.54, 1.807) is 0 Å². The van der Waals surface area contributed by atoms with Crippen LogP contribution in [0.15, 0.2) is 18.2 Å². The van der Waals surface area contributed by atoms with Gasteiger partial charge in [-0.25, -0.2) is 0 Å². The summed E-state index contributed by atoms with van der Waals surface area (Å²) < 4.78 is 0. The summed E-state index contributed by atoms with van der Waals surface area (Å²) >= 11 is 0. The monoisotopic (exact) mass is 279 g/mol. The van der Waals surface area contributed by atoms with Crippen LogP contribution in [0.25, 0.3) is 0 Å². The fourth-order valence-electron chi connectivity index (χ4n) is 2.74. The molecule has 1 fully saturated rings. The summed E-state index contributed by atoms with van der Waals surface area (Å²) in [5.74, 6) is -0.672. The first-order chi connectivity index (χ1) is 9.49. The largest absolute Gasteiger partial charge is 0.504 e. The number of nitrogens with zero attached hydrogens (tertiary/aromatic N) is 1. The zero-order valence-corrected chi connectivity index (χ0v) is 11.6. The maximum Gasteiger partial charge on any atom is 0.176 e. The van der Waals surface area contributed by atoms with E-state index < -0.39 is 0 Å². The molecule has 0 aromatic heterocycles. The third-order valence-electron chi connectivity index (χ3n) is 3.95. The molecule has 1 aliphatic rings. The fourth-order valence-corrected chi connectivity index (χ4v) is 2.74. The molecule has 110 valence electrons. The molecular weight excluding hydrogens is 258 g/mol. The maximum atomic E-state index is 12.2. The van der Waals surface area contributed by atoms with Crippen LogP contribution >= 0.6 is 0 Å². The molecule has 2 unspecified atom stereocenters. The van der Waals surface area contributed by atoms with Crippen molar-refractivity contribution in [2.75, 3.05) is 13.6 Å². The van der Waals surface area contributed by atoms with Crippen molar-refractivity contribution >= 4 is 5.78 Å². The molecule has 1 aromatic carbocycles. The van der Waals surface area contributed by atoms with E-state index >= 15 is 0 Å². The number of rotatable bonds is 4. The summed E-state index contributed by atoms with van der Waals surface area (Å²) in [7, 11) is 1.83. The van der Waals surface area contributed by atoms with Gasteiger partial charge in [0.1, 0.15) is 0 Å². The molecule has 0 amide bonds. The number of carbonyl (C=O) groups is 1. The van der Waals surface area contributed by atoms with Crippen LogP contribution in [0.5, 0.6) is 11.5 Å². The lowest BCUT2D eigenvalue weighted by atomic mass is 9.91. The molecule has 1 aromatic rings. The fraction of sp³-hybridized carbons (Fsp3) is 0.533. The van der Waals surface area contributed by atoms with Gasteiger partial charge < -0.3 is 15.3 Å². The normalized spacial score (nSPS) is 22.9. The summed E-state index contributed by atoms with van der Waals surface area (Å²) in [6.45, 7) is 0.186. The van der Waals surface area contributed by atoms with E-state index in [1.165, 1.54) is 18.2 Å². The summed E-state index contributed by atoms with van der Waals surface area (Å²) in [5, 5.41) is 28.6. The van der Waals surface area contributed by atoms with Crippen molar-refractivity contribution < 1.29 is 20.1 Å². The van der Waals surface area contributed by atoms with Crippen molar-refractivity contribution in [3.8, 4) is 11.5 Å². The Morgan fingerprint density at radius 1 is 1.25 bits per heavy atom. The Hall–Kier alpha value is -1.59. The van der Waals surface area contributed by atoms with E-state index in [1.807, 2.05) is 11.9 Å². The molecule has 0 heterocycles. The first-order valence-corrected chi connectivity index (χ1v) is 6.92. The van der Waals surface area contributed by atoms with Crippen LogP contribution in [0.3, 0.4) is 0 Å². The van der Waals surface area contributed by atoms with Gasteiger partial charge in [0.2, 0.25) is 0 Å². The SMILES string of the molecule is CN(CC(=O)c1ccc(O)c(O)c1)C1CCCCC1O. The number of phenolic OH excluding ortho intramolecular Hbond substituents is 2. The van der Waals surface area contributed by atoms with Gasteiger partial charge in [0.05, 0.1) is 12.6 Å². The van der Waals surface area contributed by atoms with Gasteiger partial charge in [-0.2, -0.15) is 0 Å². The summed E-state index contributed by atoms with van der Waals surface area (Å²) in [6.07, 6.45) is 3.40. The quantitative estimate of drug-likeness (QED) is 0.575. The van der Waals surface area contributed by atoms with E-state index in [4.69, 9.17) is 0 Å². The topological polar surface area (TPSA) is 81.0 Å². The summed E-state index contributed by atoms with van der Waals surface area (Å²) in [4.78, 5) is 14.0. The first-order valence-electron chi connectivity index (χ1n) is 6.92. The van der Waals surface area contributed by atoms with E-state index in [2.05, 4.69) is 0 Å². The Kier molecular flexibility index (Phi) is 4.62. The zero-order valence-electron chi connectivity index (χ0n) is 11.6. The minimum Gasteiger partial charge on any atom is -0.504 e. The van der Waals surface area contributed by atoms with Gasteiger partial charge in [0.15, 0.2) is 17.3 Å². The molecule has 2 rings (SSSR count). The lowest BCUT2D eigenvalue weighted by Crippen LogP contribution is -2.45. The number of ketones is 1. The predicted octanol–water partition coefficient (Wildman–Crippen LogP) is 1.52. The smallest absolute Gasteiger partial charge is 0.176 e. The van der Waals surface area contributed by atoms with Crippen molar-refractivity contribution in [1.82, 2.24) is 4.90 Å². The molecule has 3 N–H and O–H groups in total. The number of benzene rings is 1. The minimum absolute atomic E-state index is 0.0124. The molecule has 2 atom stereocenters. The highest BCUT2D eigenvalue weighted by molar-refractivity contribution is 5.98. The van der Waals surface area contributed by atoms with E-state index in [0.717, 1.165) is 25.7 Å². The van der Waals surface area contributed by atoms with Crippen molar-refractivity contribution in [2.24, 2.45) is 0 Å². The molecule has 0 spiro atoms. The number of Topliss-reactive ketones (excluding diaryl/α,β-unsaturated/α-hetero) is 1. The third-order valence-corrected chi connectivity index (χ3v) is 3.95. The molecule has 1 saturated carbocycles. The van der Waals surface area contributed by atoms with Crippen LogP contribution in [0, 0.1) is 0 Å². The van der Waals surface area contributed by atoms with Gasteiger partial charge in [-0.15, -0.1) is 0 Å². The first kappa shape index (κ1) is 14.8. The van der Waals surface area contributed by atoms with Crippen LogP contribution in [-0.2, 0) is 0 Å². The molecule has 0 aliphatic heterocycles. The van der Waals surface area contributed by atoms with Gasteiger partial charge in [0.25, 0.3) is 0 Å². The van der Waals surface area contributed by atoms with Crippen molar-refractivity contribution in [3.63, 3.8) is 0 Å². The Balaban J connectivity index is 2.01. The van der Waals surface area contributed by atoms with E-state index in [-0.39, 0.29) is 36.0 Å². The van der Waals surface area contributed by atoms with Gasteiger partial charge >= 0.3 is 0 Å². The van der Waals surface area contributed by atoms with Gasteiger partial charge in [-0.3, -0.25) is 9.69 Å². The molecular formula is C15H21NO4. The van der Waals surface area contributed by atoms with E-state index in [9.17, 15) is 20.1 Å². The molecule has 1 aliphatic carbocycles. The molecule has 0 radical (unpaired) electrons. The molecule has 0 bridgehead atoms. The Morgan fingerprint density at radius 3 is 2.60 bits per heavy atom. The predicted molar refractivity (Wildman–Crippen MR) is 75.0 cm³/mol. The second-order valence-electron chi connectivity index (χ2n) is 5.46. The van der Waals surface area contributed by atoms with Crippen molar-refractivity contribution in [2.45, 2.75) is 37.8 Å². The number of aliphatic hydroxyl groups excluding tert-OH is 1. The number of carbonyl (C=O) groups excluding carboxylic acids is 1. The average Bonchev–Trinajstić information content (AvgIpc) is 2.42. The van der Waals surface area contributed by atoms with E-state index in [0.29, 0.717) is 5.56 Å². The lowest BCUT2D eigenvalue weighted by molar-refractivity contribution is 0.0322. The number of likely N-dealkylation sites (N-methyl/N-ethyl adjacent to an activating group) is 1. The standard InChI is InChI=1S/C15H21NO4/c1-16(11-4-2-3-5-12(11)17)9-15(20)10-6-7-13(18)14(19)8-10/h6-8,11-12,17-19H,2-5,9H2,1H3. The average molecular weight is 279 g/mol. The number of hydrogen-bond acceptors (Lipinski definition) is 5. The third kappa shape index (κ3) is 3.29. The van der Waals surface area contributed by atoms with Crippen LogP contribution in [-0.4, -0.2) is 51.7 Å². The van der Waals surface area contributed by atoms with Crippen molar-refractivity contribution in [3.05, 3.63) is 23.8 Å². The Labute approximate surface area is 118 Å². The van der Waals surface area contributed by atoms with Crippen LogP contribution in [0.2, 0.25) is 0 Å². The second-order valence-corrected chi connectivity index (χ2v) is 5.46. The van der Waals surface area contributed by atoms with Gasteiger partial charge in [-0.05, 0) is 38.1 Å². The van der Waals surface area contributed by atoms with Crippen LogP contribution in [0.4, 0.5) is 0 Å². The second kappa shape index (κ2) is 6.24. The van der Waals surface area contributed by atoms with Crippen molar-refractivity contribution in [1.29, 1.82) is 0 Å². The number of phenols is 2. The van der Waals surface area contributed by atoms with Gasteiger partial charge in [-0.1, -0.05) is 12.8 Å². The zero-order chi connectivity index (χ0) is 14.7. The Morgan fingerprint density at radius 2 is 1.95 bits per heavy atom. The highest BCUT2D eigenvalue weighted by atomic mass is 16.3.